The van der Waals surface area contributed by atoms with Gasteiger partial charge >= 0.3 is 0 Å². The lowest BCUT2D eigenvalue weighted by Crippen LogP contribution is -2.23. The molecule has 3 N–H and O–H groups in total. The van der Waals surface area contributed by atoms with Crippen LogP contribution in [0, 0.1) is 5.41 Å². The lowest BCUT2D eigenvalue weighted by molar-refractivity contribution is 0.946. The van der Waals surface area contributed by atoms with E-state index in [1.54, 1.807) is 17.5 Å². The van der Waals surface area contributed by atoms with E-state index in [2.05, 4.69) is 9.88 Å². The van der Waals surface area contributed by atoms with E-state index in [-0.39, 0.29) is 5.84 Å². The first-order valence-corrected chi connectivity index (χ1v) is 6.20. The maximum Gasteiger partial charge on any atom is 0.189 e. The molecule has 0 amide bonds. The van der Waals surface area contributed by atoms with Crippen molar-refractivity contribution < 1.29 is 0 Å². The molecule has 0 aliphatic heterocycles. The molecule has 17 heavy (non-hydrogen) atoms. The number of nitrogens with two attached hydrogens (primary N) is 1. The van der Waals surface area contributed by atoms with Crippen LogP contribution in [0.25, 0.3) is 0 Å². The average molecular weight is 246 g/mol. The van der Waals surface area contributed by atoms with Crippen LogP contribution in [0.1, 0.15) is 6.42 Å². The SMILES string of the molecule is N=C(N)CCN(c1ccccc1)c1nccs1. The van der Waals surface area contributed by atoms with Gasteiger partial charge in [0.05, 0.1) is 5.84 Å². The molecule has 0 saturated carbocycles. The topological polar surface area (TPSA) is 66.0 Å². The Morgan fingerprint density at radius 2 is 2.12 bits per heavy atom. The molecule has 5 heteroatoms. The average Bonchev–Trinajstić information content (AvgIpc) is 2.84. The number of rotatable bonds is 5. The quantitative estimate of drug-likeness (QED) is 0.629. The van der Waals surface area contributed by atoms with Gasteiger partial charge in [0.25, 0.3) is 0 Å². The maximum atomic E-state index is 7.31. The summed E-state index contributed by atoms with van der Waals surface area (Å²) in [6.45, 7) is 0.673. The Morgan fingerprint density at radius 1 is 1.35 bits per heavy atom. The summed E-state index contributed by atoms with van der Waals surface area (Å²) in [4.78, 5) is 6.38. The highest BCUT2D eigenvalue weighted by molar-refractivity contribution is 7.13. The molecule has 0 atom stereocenters. The highest BCUT2D eigenvalue weighted by Gasteiger charge is 2.11. The molecular weight excluding hydrogens is 232 g/mol. The Morgan fingerprint density at radius 3 is 2.71 bits per heavy atom. The fourth-order valence-corrected chi connectivity index (χ4v) is 2.21. The van der Waals surface area contributed by atoms with Crippen molar-refractivity contribution in [2.24, 2.45) is 5.73 Å². The Labute approximate surface area is 104 Å². The molecule has 0 radical (unpaired) electrons. The minimum Gasteiger partial charge on any atom is -0.388 e. The van der Waals surface area contributed by atoms with Crippen LogP contribution in [0.3, 0.4) is 0 Å². The lowest BCUT2D eigenvalue weighted by atomic mass is 10.3. The van der Waals surface area contributed by atoms with E-state index in [9.17, 15) is 0 Å². The van der Waals surface area contributed by atoms with E-state index >= 15 is 0 Å². The zero-order valence-corrected chi connectivity index (χ0v) is 10.2. The van der Waals surface area contributed by atoms with E-state index in [1.165, 1.54) is 0 Å². The van der Waals surface area contributed by atoms with Crippen LogP contribution >= 0.6 is 11.3 Å². The molecule has 1 heterocycles. The van der Waals surface area contributed by atoms with Crippen LogP contribution in [0.2, 0.25) is 0 Å². The van der Waals surface area contributed by atoms with Gasteiger partial charge in [-0.1, -0.05) is 18.2 Å². The first-order valence-electron chi connectivity index (χ1n) is 5.32. The molecule has 0 bridgehead atoms. The Balaban J connectivity index is 2.22. The van der Waals surface area contributed by atoms with Gasteiger partial charge in [-0.2, -0.15) is 0 Å². The fraction of sp³-hybridized carbons (Fsp3) is 0.167. The molecule has 0 unspecified atom stereocenters. The van der Waals surface area contributed by atoms with Crippen LogP contribution in [-0.2, 0) is 0 Å². The van der Waals surface area contributed by atoms with E-state index in [0.29, 0.717) is 13.0 Å². The Bertz CT molecular complexity index is 467. The zero-order chi connectivity index (χ0) is 12.1. The van der Waals surface area contributed by atoms with Crippen molar-refractivity contribution in [2.75, 3.05) is 11.4 Å². The van der Waals surface area contributed by atoms with E-state index in [4.69, 9.17) is 11.1 Å². The normalized spacial score (nSPS) is 10.1. The number of anilines is 2. The van der Waals surface area contributed by atoms with Gasteiger partial charge in [0.15, 0.2) is 5.13 Å². The summed E-state index contributed by atoms with van der Waals surface area (Å²) in [5.41, 5.74) is 6.48. The molecule has 0 aliphatic carbocycles. The maximum absolute atomic E-state index is 7.31. The number of nitrogens with one attached hydrogen (secondary N) is 1. The van der Waals surface area contributed by atoms with Crippen LogP contribution in [0.15, 0.2) is 41.9 Å². The standard InChI is InChI=1S/C12H14N4S/c13-11(14)6-8-16(12-15-7-9-17-12)10-4-2-1-3-5-10/h1-5,7,9H,6,8H2,(H3,13,14). The molecule has 2 rings (SSSR count). The Hall–Kier alpha value is -1.88. The van der Waals surface area contributed by atoms with Crippen molar-refractivity contribution in [1.29, 1.82) is 5.41 Å². The highest BCUT2D eigenvalue weighted by Crippen LogP contribution is 2.26. The minimum atomic E-state index is 0.197. The van der Waals surface area contributed by atoms with Crippen molar-refractivity contribution in [1.82, 2.24) is 4.98 Å². The largest absolute Gasteiger partial charge is 0.388 e. The monoisotopic (exact) mass is 246 g/mol. The third kappa shape index (κ3) is 3.04. The molecule has 4 nitrogen and oxygen atoms in total. The van der Waals surface area contributed by atoms with Crippen LogP contribution in [0.4, 0.5) is 10.8 Å². The Kier molecular flexibility index (Phi) is 3.72. The molecular formula is C12H14N4S. The van der Waals surface area contributed by atoms with Crippen LogP contribution < -0.4 is 10.6 Å². The second-order valence-electron chi connectivity index (χ2n) is 3.58. The molecule has 1 aromatic heterocycles. The summed E-state index contributed by atoms with van der Waals surface area (Å²) < 4.78 is 0. The summed E-state index contributed by atoms with van der Waals surface area (Å²) in [5.74, 6) is 0.197. The van der Waals surface area contributed by atoms with Gasteiger partial charge in [-0.05, 0) is 12.1 Å². The second kappa shape index (κ2) is 5.45. The molecule has 1 aromatic carbocycles. The first kappa shape index (κ1) is 11.6. The summed E-state index contributed by atoms with van der Waals surface area (Å²) in [7, 11) is 0. The van der Waals surface area contributed by atoms with Gasteiger partial charge < -0.3 is 10.6 Å². The molecule has 0 fully saturated rings. The molecule has 0 aliphatic rings. The van der Waals surface area contributed by atoms with Gasteiger partial charge in [-0.25, -0.2) is 4.98 Å². The van der Waals surface area contributed by atoms with Gasteiger partial charge in [0.2, 0.25) is 0 Å². The predicted octanol–water partition coefficient (Wildman–Crippen LogP) is 2.61. The molecule has 2 aromatic rings. The van der Waals surface area contributed by atoms with Crippen molar-refractivity contribution >= 4 is 28.0 Å². The van der Waals surface area contributed by atoms with Crippen molar-refractivity contribution in [3.8, 4) is 0 Å². The predicted molar refractivity (Wildman–Crippen MR) is 72.1 cm³/mol. The molecule has 88 valence electrons. The smallest absolute Gasteiger partial charge is 0.189 e. The number of benzene rings is 1. The third-order valence-corrected chi connectivity index (χ3v) is 3.12. The molecule has 0 saturated heterocycles. The summed E-state index contributed by atoms with van der Waals surface area (Å²) >= 11 is 1.58. The molecule has 0 spiro atoms. The second-order valence-corrected chi connectivity index (χ2v) is 4.45. The fourth-order valence-electron chi connectivity index (χ4n) is 1.52. The van der Waals surface area contributed by atoms with Gasteiger partial charge in [-0.15, -0.1) is 11.3 Å². The summed E-state index contributed by atoms with van der Waals surface area (Å²) in [6, 6.07) is 10.0. The number of amidine groups is 1. The van der Waals surface area contributed by atoms with Crippen LogP contribution in [0.5, 0.6) is 0 Å². The number of thiazole rings is 1. The van der Waals surface area contributed by atoms with Crippen molar-refractivity contribution in [3.63, 3.8) is 0 Å². The van der Waals surface area contributed by atoms with Gasteiger partial charge in [0.1, 0.15) is 0 Å². The van der Waals surface area contributed by atoms with Gasteiger partial charge in [0, 0.05) is 30.2 Å². The zero-order valence-electron chi connectivity index (χ0n) is 9.34. The highest BCUT2D eigenvalue weighted by atomic mass is 32.1. The number of nitrogens with zero attached hydrogens (tertiary/aromatic N) is 2. The lowest BCUT2D eigenvalue weighted by Gasteiger charge is -2.21. The van der Waals surface area contributed by atoms with Crippen LogP contribution in [-0.4, -0.2) is 17.4 Å². The van der Waals surface area contributed by atoms with E-state index in [0.717, 1.165) is 10.8 Å². The van der Waals surface area contributed by atoms with Crippen molar-refractivity contribution in [2.45, 2.75) is 6.42 Å². The van der Waals surface area contributed by atoms with Crippen molar-refractivity contribution in [3.05, 3.63) is 41.9 Å². The first-order chi connectivity index (χ1) is 8.27. The summed E-state index contributed by atoms with van der Waals surface area (Å²) in [6.07, 6.45) is 2.32. The van der Waals surface area contributed by atoms with Gasteiger partial charge in [-0.3, -0.25) is 5.41 Å². The number of hydrogen-bond acceptors (Lipinski definition) is 4. The number of para-hydroxylation sites is 1. The van der Waals surface area contributed by atoms with E-state index < -0.39 is 0 Å². The number of hydrogen-bond donors (Lipinski definition) is 2. The third-order valence-electron chi connectivity index (χ3n) is 2.32. The summed E-state index contributed by atoms with van der Waals surface area (Å²) in [5, 5.41) is 10.2. The minimum absolute atomic E-state index is 0.197. The number of aromatic nitrogens is 1. The van der Waals surface area contributed by atoms with E-state index in [1.807, 2.05) is 35.7 Å².